The lowest BCUT2D eigenvalue weighted by Gasteiger charge is -2.22. The highest BCUT2D eigenvalue weighted by Crippen LogP contribution is 2.20. The Balaban J connectivity index is 3.31. The molecule has 0 radical (unpaired) electrons. The average Bonchev–Trinajstić information content (AvgIpc) is 3.50. The van der Waals surface area contributed by atoms with Crippen LogP contribution in [0.5, 0.6) is 0 Å². The van der Waals surface area contributed by atoms with Crippen LogP contribution in [-0.2, 0) is 14.3 Å². The summed E-state index contributed by atoms with van der Waals surface area (Å²) in [5.41, 5.74) is 0. The van der Waals surface area contributed by atoms with E-state index in [1.54, 1.807) is 0 Å². The second kappa shape index (κ2) is 73.8. The zero-order valence-electron chi connectivity index (χ0n) is 57.2. The second-order valence-corrected chi connectivity index (χ2v) is 26.7. The fourth-order valence-electron chi connectivity index (χ4n) is 12.4. The van der Waals surface area contributed by atoms with Crippen molar-refractivity contribution in [3.05, 3.63) is 24.3 Å². The van der Waals surface area contributed by atoms with E-state index in [0.29, 0.717) is 25.9 Å². The van der Waals surface area contributed by atoms with Gasteiger partial charge in [-0.05, 0) is 57.8 Å². The van der Waals surface area contributed by atoms with E-state index in [1.807, 2.05) is 0 Å². The molecule has 1 amide bonds. The van der Waals surface area contributed by atoms with Gasteiger partial charge in [-0.3, -0.25) is 9.59 Å². The van der Waals surface area contributed by atoms with Gasteiger partial charge < -0.3 is 20.3 Å². The van der Waals surface area contributed by atoms with E-state index in [9.17, 15) is 19.8 Å². The molecule has 0 heterocycles. The highest BCUT2D eigenvalue weighted by atomic mass is 16.5. The Bertz CT molecular complexity index is 1320. The summed E-state index contributed by atoms with van der Waals surface area (Å²) in [7, 11) is 0. The van der Waals surface area contributed by atoms with Crippen LogP contribution in [0.25, 0.3) is 0 Å². The summed E-state index contributed by atoms with van der Waals surface area (Å²) >= 11 is 0. The molecule has 0 aromatic rings. The molecule has 6 heteroatoms. The van der Waals surface area contributed by atoms with Crippen LogP contribution in [0.1, 0.15) is 438 Å². The lowest BCUT2D eigenvalue weighted by molar-refractivity contribution is -0.143. The van der Waals surface area contributed by atoms with Crippen LogP contribution in [0.3, 0.4) is 0 Å². The molecule has 0 aliphatic rings. The van der Waals surface area contributed by atoms with Gasteiger partial charge in [0.05, 0.1) is 25.4 Å². The van der Waals surface area contributed by atoms with E-state index in [2.05, 4.69) is 43.5 Å². The summed E-state index contributed by atoms with van der Waals surface area (Å²) in [5.74, 6) is -0.0111. The van der Waals surface area contributed by atoms with Crippen molar-refractivity contribution >= 4 is 11.9 Å². The standard InChI is InChI=1S/C78H151NO5/c1-3-5-7-9-11-13-15-17-19-21-40-44-48-52-56-60-64-68-72-78(83)84-73-69-65-61-57-53-49-45-41-38-36-34-32-30-28-26-24-22-23-25-27-29-31-33-35-37-39-43-47-51-55-59-63-67-71-77(82)79-75(74-80)76(81)70-66-62-58-54-50-46-42-20-18-16-14-12-10-8-6-4-2/h13,15,19,21,75-76,80-81H,3-12,14,16-18,20,22-74H2,1-2H3,(H,79,82)/b15-13-,21-19-. The van der Waals surface area contributed by atoms with Crippen molar-refractivity contribution in [3.8, 4) is 0 Å². The van der Waals surface area contributed by atoms with Gasteiger partial charge in [0.2, 0.25) is 5.91 Å². The number of carbonyl (C=O) groups is 2. The van der Waals surface area contributed by atoms with Crippen LogP contribution in [0.4, 0.5) is 0 Å². The molecule has 0 saturated carbocycles. The molecule has 0 aromatic carbocycles. The van der Waals surface area contributed by atoms with Gasteiger partial charge in [0, 0.05) is 12.8 Å². The summed E-state index contributed by atoms with van der Waals surface area (Å²) < 4.78 is 5.51. The van der Waals surface area contributed by atoms with E-state index in [0.717, 1.165) is 51.4 Å². The van der Waals surface area contributed by atoms with Crippen molar-refractivity contribution in [2.24, 2.45) is 0 Å². The van der Waals surface area contributed by atoms with Gasteiger partial charge in [-0.2, -0.15) is 0 Å². The molecule has 0 saturated heterocycles. The van der Waals surface area contributed by atoms with Crippen molar-refractivity contribution < 1.29 is 24.5 Å². The van der Waals surface area contributed by atoms with Gasteiger partial charge in [0.1, 0.15) is 0 Å². The molecule has 2 atom stereocenters. The minimum absolute atomic E-state index is 0.0152. The second-order valence-electron chi connectivity index (χ2n) is 26.7. The van der Waals surface area contributed by atoms with Crippen molar-refractivity contribution in [2.45, 2.75) is 450 Å². The number of unbranched alkanes of at least 4 members (excludes halogenated alkanes) is 58. The Hall–Kier alpha value is -1.66. The molecule has 2 unspecified atom stereocenters. The van der Waals surface area contributed by atoms with Crippen LogP contribution < -0.4 is 5.32 Å². The summed E-state index contributed by atoms with van der Waals surface area (Å²) in [4.78, 5) is 24.6. The quantitative estimate of drug-likeness (QED) is 0.0320. The third kappa shape index (κ3) is 69.4. The predicted octanol–water partition coefficient (Wildman–Crippen LogP) is 25.3. The molecule has 0 spiro atoms. The van der Waals surface area contributed by atoms with E-state index < -0.39 is 12.1 Å². The van der Waals surface area contributed by atoms with Crippen molar-refractivity contribution in [3.63, 3.8) is 0 Å². The highest BCUT2D eigenvalue weighted by molar-refractivity contribution is 5.76. The molecular formula is C78H151NO5. The lowest BCUT2D eigenvalue weighted by atomic mass is 10.0. The lowest BCUT2D eigenvalue weighted by Crippen LogP contribution is -2.45. The number of carbonyl (C=O) groups excluding carboxylic acids is 2. The van der Waals surface area contributed by atoms with Crippen LogP contribution in [0, 0.1) is 0 Å². The number of amides is 1. The molecule has 0 bridgehead atoms. The van der Waals surface area contributed by atoms with Crippen LogP contribution in [0.2, 0.25) is 0 Å². The summed E-state index contributed by atoms with van der Waals surface area (Å²) in [6.45, 7) is 4.98. The first-order chi connectivity index (χ1) is 41.5. The molecular weight excluding hydrogens is 1030 g/mol. The first-order valence-corrected chi connectivity index (χ1v) is 38.6. The summed E-state index contributed by atoms with van der Waals surface area (Å²) in [6.07, 6.45) is 94.0. The SMILES string of the molecule is CCCCCC/C=C\C/C=C\CCCCCCCCCC(=O)OCCCCCCCCCCCCCCCCCCCCCCCCCCCCCCCCCCCC(=O)NC(CO)C(O)CCCCCCCCCCCCCCCCCC. The number of esters is 1. The van der Waals surface area contributed by atoms with Gasteiger partial charge in [-0.1, -0.05) is 391 Å². The zero-order chi connectivity index (χ0) is 60.6. The molecule has 0 aliphatic heterocycles. The normalized spacial score (nSPS) is 12.6. The fourth-order valence-corrected chi connectivity index (χ4v) is 12.4. The van der Waals surface area contributed by atoms with Gasteiger partial charge in [-0.15, -0.1) is 0 Å². The minimum Gasteiger partial charge on any atom is -0.466 e. The molecule has 0 rings (SSSR count). The molecule has 0 aromatic heterocycles. The maximum Gasteiger partial charge on any atom is 0.305 e. The number of rotatable bonds is 73. The maximum absolute atomic E-state index is 12.5. The first-order valence-electron chi connectivity index (χ1n) is 38.6. The Labute approximate surface area is 526 Å². The number of aliphatic hydroxyl groups is 2. The van der Waals surface area contributed by atoms with E-state index in [4.69, 9.17) is 4.74 Å². The number of ether oxygens (including phenoxy) is 1. The Kier molecular flexibility index (Phi) is 72.3. The Morgan fingerprint density at radius 1 is 0.333 bits per heavy atom. The van der Waals surface area contributed by atoms with Gasteiger partial charge >= 0.3 is 5.97 Å². The number of allylic oxidation sites excluding steroid dienone is 4. The number of hydrogen-bond donors (Lipinski definition) is 3. The highest BCUT2D eigenvalue weighted by Gasteiger charge is 2.20. The third-order valence-corrected chi connectivity index (χ3v) is 18.3. The van der Waals surface area contributed by atoms with Crippen molar-refractivity contribution in [1.82, 2.24) is 5.32 Å². The topological polar surface area (TPSA) is 95.9 Å². The van der Waals surface area contributed by atoms with E-state index >= 15 is 0 Å². The van der Waals surface area contributed by atoms with Crippen LogP contribution in [-0.4, -0.2) is 47.4 Å². The average molecular weight is 1180 g/mol. The number of aliphatic hydroxyl groups excluding tert-OH is 2. The minimum atomic E-state index is -0.661. The molecule has 0 aliphatic carbocycles. The maximum atomic E-state index is 12.5. The third-order valence-electron chi connectivity index (χ3n) is 18.3. The Morgan fingerprint density at radius 3 is 0.917 bits per heavy atom. The van der Waals surface area contributed by atoms with Crippen molar-refractivity contribution in [1.29, 1.82) is 0 Å². The molecule has 84 heavy (non-hydrogen) atoms. The fraction of sp³-hybridized carbons (Fsp3) is 0.923. The van der Waals surface area contributed by atoms with Crippen molar-refractivity contribution in [2.75, 3.05) is 13.2 Å². The smallest absolute Gasteiger partial charge is 0.305 e. The van der Waals surface area contributed by atoms with Crippen LogP contribution >= 0.6 is 0 Å². The summed E-state index contributed by atoms with van der Waals surface area (Å²) in [6, 6.07) is -0.537. The van der Waals surface area contributed by atoms with Gasteiger partial charge in [0.15, 0.2) is 0 Å². The predicted molar refractivity (Wildman–Crippen MR) is 370 cm³/mol. The summed E-state index contributed by atoms with van der Waals surface area (Å²) in [5, 5.41) is 23.4. The van der Waals surface area contributed by atoms with E-state index in [-0.39, 0.29) is 18.5 Å². The zero-order valence-corrected chi connectivity index (χ0v) is 57.2. The monoisotopic (exact) mass is 1180 g/mol. The number of nitrogens with one attached hydrogen (secondary N) is 1. The molecule has 0 fully saturated rings. The van der Waals surface area contributed by atoms with E-state index in [1.165, 1.54) is 353 Å². The van der Waals surface area contributed by atoms with Gasteiger partial charge in [0.25, 0.3) is 0 Å². The molecule has 6 nitrogen and oxygen atoms in total. The van der Waals surface area contributed by atoms with Crippen LogP contribution in [0.15, 0.2) is 24.3 Å². The Morgan fingerprint density at radius 2 is 0.595 bits per heavy atom. The molecule has 3 N–H and O–H groups in total. The van der Waals surface area contributed by atoms with Gasteiger partial charge in [-0.25, -0.2) is 0 Å². The first kappa shape index (κ1) is 82.3. The number of hydrogen-bond acceptors (Lipinski definition) is 5. The largest absolute Gasteiger partial charge is 0.466 e. The molecule has 498 valence electrons.